The summed E-state index contributed by atoms with van der Waals surface area (Å²) in [6.45, 7) is 5.63. The number of hydrogen-bond acceptors (Lipinski definition) is 4. The fourth-order valence-electron chi connectivity index (χ4n) is 2.43. The summed E-state index contributed by atoms with van der Waals surface area (Å²) in [4.78, 5) is 24.6. The molecule has 6 nitrogen and oxygen atoms in total. The van der Waals surface area contributed by atoms with Gasteiger partial charge in [-0.2, -0.15) is 13.2 Å². The Morgan fingerprint density at radius 3 is 2.44 bits per heavy atom. The second-order valence-electron chi connectivity index (χ2n) is 7.48. The lowest BCUT2D eigenvalue weighted by atomic mass is 10.1. The molecule has 1 aromatic rings. The Morgan fingerprint density at radius 2 is 1.91 bits per heavy atom. The number of ether oxygens (including phenoxy) is 1. The number of rotatable bonds is 10. The van der Waals surface area contributed by atoms with Crippen molar-refractivity contribution < 1.29 is 27.5 Å². The van der Waals surface area contributed by atoms with Crippen molar-refractivity contribution in [1.82, 2.24) is 10.6 Å². The molecule has 4 N–H and O–H groups in total. The van der Waals surface area contributed by atoms with Crippen molar-refractivity contribution >= 4 is 23.4 Å². The average molecular weight is 476 g/mol. The molecule has 0 heterocycles. The summed E-state index contributed by atoms with van der Waals surface area (Å²) >= 11 is 6.03. The van der Waals surface area contributed by atoms with Gasteiger partial charge in [0.1, 0.15) is 11.6 Å². The van der Waals surface area contributed by atoms with Crippen molar-refractivity contribution in [3.63, 3.8) is 0 Å². The molecule has 0 fully saturated rings. The van der Waals surface area contributed by atoms with Crippen LogP contribution in [0.1, 0.15) is 52.1 Å². The highest BCUT2D eigenvalue weighted by atomic mass is 35.5. The molecule has 0 aliphatic heterocycles. The second kappa shape index (κ2) is 12.4. The SMILES string of the molecule is CCC/C=C(\C=C(/N)NC(=O)C(C)C)C(=O)NC(C)c1ccc(OCC(F)(F)F)c(Cl)c1. The number of halogens is 4. The number of carbonyl (C=O) groups is 2. The zero-order valence-electron chi connectivity index (χ0n) is 18.5. The van der Waals surface area contributed by atoms with E-state index in [1.165, 1.54) is 24.3 Å². The molecule has 0 saturated carbocycles. The molecular formula is C22H29ClF3N3O3. The predicted molar refractivity (Wildman–Crippen MR) is 118 cm³/mol. The smallest absolute Gasteiger partial charge is 0.422 e. The van der Waals surface area contributed by atoms with Crippen molar-refractivity contribution in [2.45, 2.75) is 52.8 Å². The molecule has 0 aliphatic carbocycles. The molecule has 0 bridgehead atoms. The number of carbonyl (C=O) groups excluding carboxylic acids is 2. The molecule has 10 heteroatoms. The third kappa shape index (κ3) is 9.64. The normalized spacial score (nSPS) is 13.7. The largest absolute Gasteiger partial charge is 0.483 e. The van der Waals surface area contributed by atoms with Gasteiger partial charge in [-0.25, -0.2) is 0 Å². The first kappa shape index (κ1) is 27.4. The molecule has 0 saturated heterocycles. The predicted octanol–water partition coefficient (Wildman–Crippen LogP) is 4.76. The van der Waals surface area contributed by atoms with Gasteiger partial charge < -0.3 is 21.1 Å². The van der Waals surface area contributed by atoms with E-state index < -0.39 is 24.7 Å². The summed E-state index contributed by atoms with van der Waals surface area (Å²) in [7, 11) is 0. The first-order valence-corrected chi connectivity index (χ1v) is 10.5. The minimum absolute atomic E-state index is 0.00450. The van der Waals surface area contributed by atoms with Crippen LogP contribution < -0.4 is 21.1 Å². The van der Waals surface area contributed by atoms with Crippen LogP contribution in [0.5, 0.6) is 5.75 Å². The maximum Gasteiger partial charge on any atom is 0.422 e. The molecule has 0 aliphatic rings. The summed E-state index contributed by atoms with van der Waals surface area (Å²) in [6.07, 6.45) is 0.0363. The van der Waals surface area contributed by atoms with Gasteiger partial charge in [0.2, 0.25) is 5.91 Å². The molecule has 1 aromatic carbocycles. The standard InChI is InChI=1S/C22H29ClF3N3O3/c1-5-6-7-16(11-19(27)29-20(30)13(2)3)21(31)28-14(4)15-8-9-18(17(23)10-15)32-12-22(24,25)26/h7-11,13-14H,5-6,12,27H2,1-4H3,(H,28,31)(H,29,30)/b16-7+,19-11+. The van der Waals surface area contributed by atoms with Crippen LogP contribution in [0.15, 0.2) is 41.7 Å². The number of benzene rings is 1. The van der Waals surface area contributed by atoms with Crippen molar-refractivity contribution in [1.29, 1.82) is 0 Å². The quantitative estimate of drug-likeness (QED) is 0.336. The van der Waals surface area contributed by atoms with E-state index in [0.717, 1.165) is 6.42 Å². The monoisotopic (exact) mass is 475 g/mol. The van der Waals surface area contributed by atoms with Crippen LogP contribution in [0, 0.1) is 5.92 Å². The van der Waals surface area contributed by atoms with Gasteiger partial charge in [-0.05, 0) is 37.1 Å². The number of alkyl halides is 3. The van der Waals surface area contributed by atoms with Crippen LogP contribution >= 0.6 is 11.6 Å². The zero-order valence-corrected chi connectivity index (χ0v) is 19.2. The topological polar surface area (TPSA) is 93.5 Å². The highest BCUT2D eigenvalue weighted by Gasteiger charge is 2.29. The maximum absolute atomic E-state index is 12.8. The number of allylic oxidation sites excluding steroid dienone is 1. The van der Waals surface area contributed by atoms with E-state index in [4.69, 9.17) is 17.3 Å². The number of nitrogens with two attached hydrogens (primary N) is 1. The Bertz CT molecular complexity index is 868. The second-order valence-corrected chi connectivity index (χ2v) is 7.89. The molecule has 178 valence electrons. The van der Waals surface area contributed by atoms with Gasteiger partial charge in [-0.1, -0.05) is 50.9 Å². The van der Waals surface area contributed by atoms with E-state index in [-0.39, 0.29) is 34.0 Å². The van der Waals surface area contributed by atoms with E-state index in [1.54, 1.807) is 26.8 Å². The van der Waals surface area contributed by atoms with E-state index in [9.17, 15) is 22.8 Å². The van der Waals surface area contributed by atoms with Gasteiger partial charge in [0.15, 0.2) is 6.61 Å². The molecule has 2 amide bonds. The van der Waals surface area contributed by atoms with Gasteiger partial charge >= 0.3 is 6.18 Å². The molecular weight excluding hydrogens is 447 g/mol. The summed E-state index contributed by atoms with van der Waals surface area (Å²) in [6, 6.07) is 3.76. The van der Waals surface area contributed by atoms with Crippen LogP contribution in [-0.4, -0.2) is 24.6 Å². The fraction of sp³-hybridized carbons (Fsp3) is 0.455. The zero-order chi connectivity index (χ0) is 24.5. The number of hydrogen-bond donors (Lipinski definition) is 3. The van der Waals surface area contributed by atoms with Gasteiger partial charge in [-0.3, -0.25) is 9.59 Å². The van der Waals surface area contributed by atoms with Crippen molar-refractivity contribution in [3.05, 3.63) is 52.3 Å². The summed E-state index contributed by atoms with van der Waals surface area (Å²) < 4.78 is 41.7. The molecule has 0 aromatic heterocycles. The molecule has 1 unspecified atom stereocenters. The fourth-order valence-corrected chi connectivity index (χ4v) is 2.68. The van der Waals surface area contributed by atoms with E-state index in [0.29, 0.717) is 12.0 Å². The number of nitrogens with one attached hydrogen (secondary N) is 2. The lowest BCUT2D eigenvalue weighted by Gasteiger charge is -2.17. The average Bonchev–Trinajstić information content (AvgIpc) is 2.69. The van der Waals surface area contributed by atoms with E-state index in [1.807, 2.05) is 6.92 Å². The Hall–Kier alpha value is -2.68. The first-order chi connectivity index (χ1) is 14.8. The van der Waals surface area contributed by atoms with Gasteiger partial charge in [0.05, 0.1) is 11.1 Å². The van der Waals surface area contributed by atoms with Crippen LogP contribution in [0.3, 0.4) is 0 Å². The van der Waals surface area contributed by atoms with E-state index in [2.05, 4.69) is 15.4 Å². The van der Waals surface area contributed by atoms with Crippen molar-refractivity contribution in [3.8, 4) is 5.75 Å². The minimum atomic E-state index is -4.48. The molecule has 0 radical (unpaired) electrons. The van der Waals surface area contributed by atoms with Crippen molar-refractivity contribution in [2.75, 3.05) is 6.61 Å². The molecule has 32 heavy (non-hydrogen) atoms. The van der Waals surface area contributed by atoms with Gasteiger partial charge in [0, 0.05) is 11.5 Å². The molecule has 1 rings (SSSR count). The first-order valence-electron chi connectivity index (χ1n) is 10.1. The van der Waals surface area contributed by atoms with Crippen LogP contribution in [0.25, 0.3) is 0 Å². The van der Waals surface area contributed by atoms with Crippen LogP contribution in [-0.2, 0) is 9.59 Å². The lowest BCUT2D eigenvalue weighted by molar-refractivity contribution is -0.153. The lowest BCUT2D eigenvalue weighted by Crippen LogP contribution is -2.32. The highest BCUT2D eigenvalue weighted by molar-refractivity contribution is 6.32. The Morgan fingerprint density at radius 1 is 1.25 bits per heavy atom. The van der Waals surface area contributed by atoms with Crippen molar-refractivity contribution in [2.24, 2.45) is 11.7 Å². The molecule has 1 atom stereocenters. The summed E-state index contributed by atoms with van der Waals surface area (Å²) in [5.41, 5.74) is 6.70. The molecule has 0 spiro atoms. The third-order valence-corrected chi connectivity index (χ3v) is 4.51. The van der Waals surface area contributed by atoms with Crippen LogP contribution in [0.4, 0.5) is 13.2 Å². The van der Waals surface area contributed by atoms with Gasteiger partial charge in [-0.15, -0.1) is 0 Å². The third-order valence-electron chi connectivity index (χ3n) is 4.21. The maximum atomic E-state index is 12.8. The Kier molecular flexibility index (Phi) is 10.6. The highest BCUT2D eigenvalue weighted by Crippen LogP contribution is 2.29. The number of unbranched alkanes of at least 4 members (excludes halogenated alkanes) is 1. The number of amides is 2. The Balaban J connectivity index is 2.93. The summed E-state index contributed by atoms with van der Waals surface area (Å²) in [5, 5.41) is 5.32. The Labute approximate surface area is 191 Å². The summed E-state index contributed by atoms with van der Waals surface area (Å²) in [5.74, 6) is -1.03. The van der Waals surface area contributed by atoms with Gasteiger partial charge in [0.25, 0.3) is 5.91 Å². The van der Waals surface area contributed by atoms with Crippen LogP contribution in [0.2, 0.25) is 5.02 Å². The van der Waals surface area contributed by atoms with E-state index >= 15 is 0 Å². The minimum Gasteiger partial charge on any atom is -0.483 e.